The zero-order chi connectivity index (χ0) is 29.5. The third-order valence-electron chi connectivity index (χ3n) is 7.14. The number of pyridine rings is 1. The molecule has 0 saturated carbocycles. The van der Waals surface area contributed by atoms with Gasteiger partial charge >= 0.3 is 0 Å². The van der Waals surface area contributed by atoms with Crippen molar-refractivity contribution in [3.63, 3.8) is 0 Å². The van der Waals surface area contributed by atoms with Crippen molar-refractivity contribution in [2.75, 3.05) is 6.79 Å². The van der Waals surface area contributed by atoms with E-state index in [4.69, 9.17) is 31.1 Å². The SMILES string of the molecule is O=C(CCC1N=C2c3ccccc3N=C(SCc3cc(=O)n4cc(Cl)ccc4n3)N2C1=O)NCc1ccc2c(c1)OCO2. The Morgan fingerprint density at radius 1 is 1.07 bits per heavy atom. The minimum Gasteiger partial charge on any atom is -0.454 e. The molecule has 0 fully saturated rings. The van der Waals surface area contributed by atoms with Crippen molar-refractivity contribution in [1.82, 2.24) is 19.6 Å². The van der Waals surface area contributed by atoms with E-state index in [-0.39, 0.29) is 37.0 Å². The number of hydrogen-bond acceptors (Lipinski definition) is 9. The van der Waals surface area contributed by atoms with Crippen LogP contribution in [0.3, 0.4) is 0 Å². The van der Waals surface area contributed by atoms with Crippen LogP contribution in [-0.2, 0) is 21.9 Å². The minimum atomic E-state index is -0.726. The fraction of sp³-hybridized carbons (Fsp3) is 0.200. The Balaban J connectivity index is 1.04. The first-order valence-electron chi connectivity index (χ1n) is 13.5. The van der Waals surface area contributed by atoms with Crippen LogP contribution < -0.4 is 20.3 Å². The second-order valence-corrected chi connectivity index (χ2v) is 11.4. The van der Waals surface area contributed by atoms with Crippen LogP contribution in [0.2, 0.25) is 5.02 Å². The fourth-order valence-electron chi connectivity index (χ4n) is 5.03. The standard InChI is InChI=1S/C30H23ClN6O5S/c31-18-6-9-25-33-19(12-27(39)36(25)14-18)15-43-30-35-21-4-2-1-3-20(21)28-34-22(29(40)37(28)30)7-10-26(38)32-13-17-5-8-23-24(11-17)42-16-41-23/h1-6,8-9,11-12,14,22H,7,10,13,15-16H2,(H,32,38). The van der Waals surface area contributed by atoms with Crippen LogP contribution in [0, 0.1) is 0 Å². The first-order chi connectivity index (χ1) is 20.9. The summed E-state index contributed by atoms with van der Waals surface area (Å²) in [5, 5.41) is 3.77. The molecule has 216 valence electrons. The van der Waals surface area contributed by atoms with Gasteiger partial charge in [-0.2, -0.15) is 0 Å². The number of ether oxygens (including phenoxy) is 2. The Hall–Kier alpha value is -4.68. The van der Waals surface area contributed by atoms with Crippen LogP contribution in [-0.4, -0.2) is 49.9 Å². The Morgan fingerprint density at radius 2 is 1.93 bits per heavy atom. The van der Waals surface area contributed by atoms with Gasteiger partial charge in [0.2, 0.25) is 12.7 Å². The van der Waals surface area contributed by atoms with Crippen molar-refractivity contribution in [1.29, 1.82) is 0 Å². The van der Waals surface area contributed by atoms with Gasteiger partial charge in [-0.3, -0.25) is 23.8 Å². The molecule has 1 unspecified atom stereocenters. The van der Waals surface area contributed by atoms with Crippen molar-refractivity contribution in [3.8, 4) is 11.5 Å². The van der Waals surface area contributed by atoms with Crippen molar-refractivity contribution >= 4 is 57.5 Å². The molecule has 2 aromatic carbocycles. The van der Waals surface area contributed by atoms with E-state index >= 15 is 0 Å². The number of thioether (sulfide) groups is 1. The van der Waals surface area contributed by atoms with E-state index in [1.54, 1.807) is 12.1 Å². The van der Waals surface area contributed by atoms with Gasteiger partial charge in [0.15, 0.2) is 16.7 Å². The predicted molar refractivity (Wildman–Crippen MR) is 162 cm³/mol. The van der Waals surface area contributed by atoms with Crippen molar-refractivity contribution in [3.05, 3.63) is 99.1 Å². The molecule has 0 saturated heterocycles. The number of aliphatic imine (C=N–C) groups is 2. The number of rotatable bonds is 7. The second-order valence-electron chi connectivity index (χ2n) is 10.0. The molecule has 0 radical (unpaired) electrons. The van der Waals surface area contributed by atoms with Gasteiger partial charge in [0.1, 0.15) is 17.5 Å². The molecule has 2 aromatic heterocycles. The fourth-order valence-corrected chi connectivity index (χ4v) is 6.09. The molecule has 0 spiro atoms. The van der Waals surface area contributed by atoms with Crippen LogP contribution >= 0.6 is 23.4 Å². The summed E-state index contributed by atoms with van der Waals surface area (Å²) < 4.78 is 12.1. The third-order valence-corrected chi connectivity index (χ3v) is 8.34. The maximum atomic E-state index is 13.6. The largest absolute Gasteiger partial charge is 0.454 e. The summed E-state index contributed by atoms with van der Waals surface area (Å²) in [6.45, 7) is 0.515. The lowest BCUT2D eigenvalue weighted by Gasteiger charge is -2.25. The molecule has 3 aliphatic heterocycles. The average molecular weight is 615 g/mol. The van der Waals surface area contributed by atoms with E-state index in [0.29, 0.717) is 56.9 Å². The Kier molecular flexibility index (Phi) is 7.07. The first-order valence-corrected chi connectivity index (χ1v) is 14.8. The number of carbonyl (C=O) groups is 2. The number of amides is 2. The number of aromatic nitrogens is 2. The highest BCUT2D eigenvalue weighted by Crippen LogP contribution is 2.35. The number of hydrogen-bond donors (Lipinski definition) is 1. The van der Waals surface area contributed by atoms with Crippen molar-refractivity contribution in [2.24, 2.45) is 9.98 Å². The number of para-hydroxylation sites is 1. The molecule has 43 heavy (non-hydrogen) atoms. The Bertz CT molecular complexity index is 1930. The molecule has 0 bridgehead atoms. The van der Waals surface area contributed by atoms with Crippen LogP contribution in [0.1, 0.15) is 29.7 Å². The summed E-state index contributed by atoms with van der Waals surface area (Å²) in [6, 6.07) is 17.1. The smallest absolute Gasteiger partial charge is 0.259 e. The van der Waals surface area contributed by atoms with Gasteiger partial charge in [-0.1, -0.05) is 41.6 Å². The number of fused-ring (bicyclic) bond motifs is 5. The number of benzene rings is 2. The van der Waals surface area contributed by atoms with E-state index in [0.717, 1.165) is 11.1 Å². The molecule has 4 aromatic rings. The lowest BCUT2D eigenvalue weighted by atomic mass is 10.1. The second kappa shape index (κ2) is 11.2. The quantitative estimate of drug-likeness (QED) is 0.333. The molecular weight excluding hydrogens is 592 g/mol. The summed E-state index contributed by atoms with van der Waals surface area (Å²) in [6.07, 6.45) is 1.90. The molecule has 0 aliphatic carbocycles. The Labute approximate surface area is 254 Å². The van der Waals surface area contributed by atoms with Crippen LogP contribution in [0.4, 0.5) is 5.69 Å². The van der Waals surface area contributed by atoms with Gasteiger partial charge in [-0.25, -0.2) is 14.9 Å². The summed E-state index contributed by atoms with van der Waals surface area (Å²) >= 11 is 7.32. The Morgan fingerprint density at radius 3 is 2.84 bits per heavy atom. The normalized spacial score (nSPS) is 16.5. The maximum absolute atomic E-state index is 13.6. The molecule has 13 heteroatoms. The van der Waals surface area contributed by atoms with E-state index in [2.05, 4.69) is 10.3 Å². The first kappa shape index (κ1) is 27.2. The summed E-state index contributed by atoms with van der Waals surface area (Å²) in [5.74, 6) is 1.71. The average Bonchev–Trinajstić information content (AvgIpc) is 3.62. The molecular formula is C30H23ClN6O5S. The zero-order valence-corrected chi connectivity index (χ0v) is 24.1. The monoisotopic (exact) mass is 614 g/mol. The topological polar surface area (TPSA) is 127 Å². The number of halogens is 1. The molecule has 3 aliphatic rings. The highest BCUT2D eigenvalue weighted by molar-refractivity contribution is 8.13. The number of nitrogens with zero attached hydrogens (tertiary/aromatic N) is 5. The molecule has 11 nitrogen and oxygen atoms in total. The molecule has 1 N–H and O–H groups in total. The van der Waals surface area contributed by atoms with Gasteiger partial charge in [0.25, 0.3) is 11.5 Å². The predicted octanol–water partition coefficient (Wildman–Crippen LogP) is 4.07. The minimum absolute atomic E-state index is 0.127. The molecule has 7 rings (SSSR count). The van der Waals surface area contributed by atoms with Gasteiger partial charge < -0.3 is 14.8 Å². The van der Waals surface area contributed by atoms with Gasteiger partial charge in [0, 0.05) is 36.5 Å². The van der Waals surface area contributed by atoms with E-state index < -0.39 is 6.04 Å². The van der Waals surface area contributed by atoms with Gasteiger partial charge in [-0.15, -0.1) is 0 Å². The summed E-state index contributed by atoms with van der Waals surface area (Å²) in [4.78, 5) is 54.5. The highest BCUT2D eigenvalue weighted by atomic mass is 35.5. The molecule has 2 amide bonds. The van der Waals surface area contributed by atoms with E-state index in [9.17, 15) is 14.4 Å². The zero-order valence-electron chi connectivity index (χ0n) is 22.5. The van der Waals surface area contributed by atoms with Crippen LogP contribution in [0.5, 0.6) is 11.5 Å². The summed E-state index contributed by atoms with van der Waals surface area (Å²) in [5.41, 5.74) is 3.08. The molecule has 5 heterocycles. The molecule has 1 atom stereocenters. The number of amidine groups is 2. The summed E-state index contributed by atoms with van der Waals surface area (Å²) in [7, 11) is 0. The highest BCUT2D eigenvalue weighted by Gasteiger charge is 2.41. The van der Waals surface area contributed by atoms with Crippen molar-refractivity contribution < 1.29 is 19.1 Å². The van der Waals surface area contributed by atoms with Crippen LogP contribution in [0.25, 0.3) is 5.65 Å². The maximum Gasteiger partial charge on any atom is 0.259 e. The van der Waals surface area contributed by atoms with Gasteiger partial charge in [-0.05, 0) is 48.4 Å². The lowest BCUT2D eigenvalue weighted by molar-refractivity contribution is -0.125. The van der Waals surface area contributed by atoms with Gasteiger partial charge in [0.05, 0.1) is 16.4 Å². The van der Waals surface area contributed by atoms with Crippen LogP contribution in [0.15, 0.2) is 81.6 Å². The number of nitrogens with one attached hydrogen (secondary N) is 1. The van der Waals surface area contributed by atoms with E-state index in [1.807, 2.05) is 42.5 Å². The third kappa shape index (κ3) is 5.35. The van der Waals surface area contributed by atoms with E-state index in [1.165, 1.54) is 33.3 Å². The lowest BCUT2D eigenvalue weighted by Crippen LogP contribution is -2.41. The van der Waals surface area contributed by atoms with Crippen molar-refractivity contribution in [2.45, 2.75) is 31.2 Å². The number of carbonyl (C=O) groups excluding carboxylic acids is 2.